The van der Waals surface area contributed by atoms with Crippen molar-refractivity contribution >= 4 is 5.69 Å². The average molecular weight is 201 g/mol. The van der Waals surface area contributed by atoms with Crippen molar-refractivity contribution in [2.24, 2.45) is 0 Å². The van der Waals surface area contributed by atoms with Gasteiger partial charge < -0.3 is 5.32 Å². The summed E-state index contributed by atoms with van der Waals surface area (Å²) in [4.78, 5) is 0. The van der Waals surface area contributed by atoms with Crippen LogP contribution in [0, 0.1) is 0 Å². The zero-order chi connectivity index (χ0) is 10.7. The molecule has 3 heteroatoms. The van der Waals surface area contributed by atoms with Crippen LogP contribution in [0.1, 0.15) is 12.5 Å². The normalized spacial score (nSPS) is 10.3. The lowest BCUT2D eigenvalue weighted by Crippen LogP contribution is -1.89. The molecule has 0 spiro atoms. The average Bonchev–Trinajstić information content (AvgIpc) is 2.77. The van der Waals surface area contributed by atoms with E-state index in [9.17, 15) is 0 Å². The molecule has 2 aromatic rings. The first kappa shape index (κ1) is 9.77. The number of aryl methyl sites for hydroxylation is 1. The predicted molar refractivity (Wildman–Crippen MR) is 62.9 cm³/mol. The third-order valence-electron chi connectivity index (χ3n) is 2.53. The fraction of sp³-hybridized carbons (Fsp3) is 0.250. The molecule has 1 aromatic carbocycles. The Labute approximate surface area is 89.5 Å². The maximum Gasteiger partial charge on any atom is 0.0882 e. The second-order valence-electron chi connectivity index (χ2n) is 3.46. The molecule has 0 unspecified atom stereocenters. The first-order chi connectivity index (χ1) is 7.35. The van der Waals surface area contributed by atoms with Crippen molar-refractivity contribution < 1.29 is 0 Å². The first-order valence-corrected chi connectivity index (χ1v) is 5.15. The standard InChI is InChI=1S/C12H15N3/c1-3-9-5-4-6-10(7-9)12-11(13-2)8-14-15-12/h4-8,13H,3H2,1-2H3,(H,14,15). The highest BCUT2D eigenvalue weighted by Crippen LogP contribution is 2.25. The first-order valence-electron chi connectivity index (χ1n) is 5.15. The van der Waals surface area contributed by atoms with Crippen LogP contribution in [0.4, 0.5) is 5.69 Å². The van der Waals surface area contributed by atoms with Gasteiger partial charge in [-0.1, -0.05) is 25.1 Å². The molecule has 0 amide bonds. The molecule has 2 N–H and O–H groups in total. The Bertz CT molecular complexity index is 446. The summed E-state index contributed by atoms with van der Waals surface area (Å²) in [5.41, 5.74) is 4.59. The smallest absolute Gasteiger partial charge is 0.0882 e. The summed E-state index contributed by atoms with van der Waals surface area (Å²) < 4.78 is 0. The van der Waals surface area contributed by atoms with E-state index in [0.29, 0.717) is 0 Å². The minimum Gasteiger partial charge on any atom is -0.385 e. The summed E-state index contributed by atoms with van der Waals surface area (Å²) >= 11 is 0. The van der Waals surface area contributed by atoms with Gasteiger partial charge in [0.15, 0.2) is 0 Å². The molecule has 0 fully saturated rings. The number of hydrogen-bond acceptors (Lipinski definition) is 2. The van der Waals surface area contributed by atoms with E-state index >= 15 is 0 Å². The van der Waals surface area contributed by atoms with Crippen LogP contribution in [-0.2, 0) is 6.42 Å². The van der Waals surface area contributed by atoms with Gasteiger partial charge in [-0.25, -0.2) is 0 Å². The minimum absolute atomic E-state index is 1.03. The highest BCUT2D eigenvalue weighted by Gasteiger charge is 2.05. The molecule has 0 radical (unpaired) electrons. The number of anilines is 1. The molecule has 0 atom stereocenters. The third kappa shape index (κ3) is 1.86. The summed E-state index contributed by atoms with van der Waals surface area (Å²) in [7, 11) is 1.90. The van der Waals surface area contributed by atoms with E-state index in [4.69, 9.17) is 0 Å². The van der Waals surface area contributed by atoms with Crippen LogP contribution < -0.4 is 5.32 Å². The Balaban J connectivity index is 2.44. The molecule has 0 saturated carbocycles. The van der Waals surface area contributed by atoms with Crippen LogP contribution in [0.3, 0.4) is 0 Å². The maximum atomic E-state index is 4.04. The van der Waals surface area contributed by atoms with Gasteiger partial charge in [0.25, 0.3) is 0 Å². The van der Waals surface area contributed by atoms with Crippen LogP contribution in [0.15, 0.2) is 30.5 Å². The molecule has 1 aromatic heterocycles. The van der Waals surface area contributed by atoms with Crippen molar-refractivity contribution in [1.82, 2.24) is 10.2 Å². The summed E-state index contributed by atoms with van der Waals surface area (Å²) in [6, 6.07) is 8.50. The lowest BCUT2D eigenvalue weighted by molar-refractivity contribution is 1.09. The third-order valence-corrected chi connectivity index (χ3v) is 2.53. The molecule has 0 aliphatic carbocycles. The van der Waals surface area contributed by atoms with Crippen LogP contribution in [0.25, 0.3) is 11.3 Å². The van der Waals surface area contributed by atoms with Crippen molar-refractivity contribution in [2.45, 2.75) is 13.3 Å². The van der Waals surface area contributed by atoms with Crippen molar-refractivity contribution in [2.75, 3.05) is 12.4 Å². The molecule has 15 heavy (non-hydrogen) atoms. The molecule has 78 valence electrons. The topological polar surface area (TPSA) is 40.7 Å². The molecule has 1 heterocycles. The molecule has 0 aliphatic rings. The SMILES string of the molecule is CCc1cccc(-c2[nH]ncc2NC)c1. The highest BCUT2D eigenvalue weighted by molar-refractivity contribution is 5.73. The molecular formula is C12H15N3. The van der Waals surface area contributed by atoms with E-state index < -0.39 is 0 Å². The molecule has 0 aliphatic heterocycles. The van der Waals surface area contributed by atoms with Gasteiger partial charge in [0.1, 0.15) is 0 Å². The Kier molecular flexibility index (Phi) is 2.72. The molecule has 3 nitrogen and oxygen atoms in total. The van der Waals surface area contributed by atoms with E-state index in [2.05, 4.69) is 46.7 Å². The number of aromatic amines is 1. The number of nitrogens with one attached hydrogen (secondary N) is 2. The van der Waals surface area contributed by atoms with Gasteiger partial charge in [-0.05, 0) is 18.1 Å². The fourth-order valence-electron chi connectivity index (χ4n) is 1.64. The molecule has 0 saturated heterocycles. The van der Waals surface area contributed by atoms with Gasteiger partial charge in [0.05, 0.1) is 17.6 Å². The number of nitrogens with zero attached hydrogens (tertiary/aromatic N) is 1. The zero-order valence-electron chi connectivity index (χ0n) is 9.04. The quantitative estimate of drug-likeness (QED) is 0.801. The molecule has 2 rings (SSSR count). The van der Waals surface area contributed by atoms with Gasteiger partial charge in [-0.15, -0.1) is 0 Å². The minimum atomic E-state index is 1.03. The van der Waals surface area contributed by atoms with Crippen LogP contribution in [0.2, 0.25) is 0 Å². The number of aromatic nitrogens is 2. The molecular weight excluding hydrogens is 186 g/mol. The fourth-order valence-corrected chi connectivity index (χ4v) is 1.64. The van der Waals surface area contributed by atoms with Crippen LogP contribution in [0.5, 0.6) is 0 Å². The van der Waals surface area contributed by atoms with Crippen molar-refractivity contribution in [1.29, 1.82) is 0 Å². The van der Waals surface area contributed by atoms with E-state index in [1.807, 2.05) is 7.05 Å². The second kappa shape index (κ2) is 4.17. The van der Waals surface area contributed by atoms with Gasteiger partial charge in [0, 0.05) is 12.6 Å². The van der Waals surface area contributed by atoms with Crippen LogP contribution >= 0.6 is 0 Å². The lowest BCUT2D eigenvalue weighted by atomic mass is 10.1. The Hall–Kier alpha value is -1.77. The largest absolute Gasteiger partial charge is 0.385 e. The van der Waals surface area contributed by atoms with Crippen molar-refractivity contribution in [3.8, 4) is 11.3 Å². The van der Waals surface area contributed by atoms with E-state index in [0.717, 1.165) is 17.8 Å². The second-order valence-corrected chi connectivity index (χ2v) is 3.46. The summed E-state index contributed by atoms with van der Waals surface area (Å²) in [6.45, 7) is 2.16. The monoisotopic (exact) mass is 201 g/mol. The van der Waals surface area contributed by atoms with Gasteiger partial charge in [-0.2, -0.15) is 5.10 Å². The van der Waals surface area contributed by atoms with E-state index in [-0.39, 0.29) is 0 Å². The molecule has 0 bridgehead atoms. The zero-order valence-corrected chi connectivity index (χ0v) is 9.04. The maximum absolute atomic E-state index is 4.04. The van der Waals surface area contributed by atoms with Crippen molar-refractivity contribution in [3.05, 3.63) is 36.0 Å². The summed E-state index contributed by atoms with van der Waals surface area (Å²) in [5.74, 6) is 0. The van der Waals surface area contributed by atoms with E-state index in [1.54, 1.807) is 6.20 Å². The van der Waals surface area contributed by atoms with Crippen LogP contribution in [-0.4, -0.2) is 17.2 Å². The number of hydrogen-bond donors (Lipinski definition) is 2. The van der Waals surface area contributed by atoms with Crippen molar-refractivity contribution in [3.63, 3.8) is 0 Å². The van der Waals surface area contributed by atoms with Gasteiger partial charge in [-0.3, -0.25) is 5.10 Å². The predicted octanol–water partition coefficient (Wildman–Crippen LogP) is 2.68. The number of rotatable bonds is 3. The highest BCUT2D eigenvalue weighted by atomic mass is 15.1. The van der Waals surface area contributed by atoms with Gasteiger partial charge in [0.2, 0.25) is 0 Å². The summed E-state index contributed by atoms with van der Waals surface area (Å²) in [6.07, 6.45) is 2.85. The summed E-state index contributed by atoms with van der Waals surface area (Å²) in [5, 5.41) is 10.2. The van der Waals surface area contributed by atoms with E-state index in [1.165, 1.54) is 11.1 Å². The Morgan fingerprint density at radius 3 is 3.00 bits per heavy atom. The Morgan fingerprint density at radius 2 is 2.27 bits per heavy atom. The van der Waals surface area contributed by atoms with Gasteiger partial charge >= 0.3 is 0 Å². The Morgan fingerprint density at radius 1 is 1.40 bits per heavy atom. The number of benzene rings is 1. The lowest BCUT2D eigenvalue weighted by Gasteiger charge is -2.04. The number of H-pyrrole nitrogens is 1.